The fraction of sp³-hybridized carbons (Fsp3) is 0.400. The molecule has 1 fully saturated rings. The number of anilines is 1. The van der Waals surface area contributed by atoms with Crippen molar-refractivity contribution >= 4 is 28.9 Å². The molecule has 0 unspecified atom stereocenters. The van der Waals surface area contributed by atoms with E-state index >= 15 is 0 Å². The molecule has 1 aromatic heterocycles. The van der Waals surface area contributed by atoms with E-state index in [1.54, 1.807) is 11.8 Å². The highest BCUT2D eigenvalue weighted by Crippen LogP contribution is 2.14. The molecule has 1 aromatic carbocycles. The molecule has 0 saturated carbocycles. The normalized spacial score (nSPS) is 15.8. The number of para-hydroxylation sites is 2. The summed E-state index contributed by atoms with van der Waals surface area (Å²) in [4.78, 5) is 32.4. The predicted molar refractivity (Wildman–Crippen MR) is 83.5 cm³/mol. The van der Waals surface area contributed by atoms with E-state index in [0.29, 0.717) is 19.0 Å². The molecule has 3 amide bonds. The van der Waals surface area contributed by atoms with Crippen LogP contribution >= 0.6 is 0 Å². The molecular formula is C15H19N5O2. The van der Waals surface area contributed by atoms with Crippen LogP contribution in [0.1, 0.15) is 19.8 Å². The second kappa shape index (κ2) is 6.05. The minimum absolute atomic E-state index is 0.0833. The number of likely N-dealkylation sites (tertiary alicyclic amines) is 1. The van der Waals surface area contributed by atoms with Gasteiger partial charge in [0.25, 0.3) is 0 Å². The highest BCUT2D eigenvalue weighted by molar-refractivity contribution is 5.90. The fourth-order valence-corrected chi connectivity index (χ4v) is 2.68. The van der Waals surface area contributed by atoms with Gasteiger partial charge < -0.3 is 15.2 Å². The Morgan fingerprint density at radius 2 is 2.00 bits per heavy atom. The highest BCUT2D eigenvalue weighted by Gasteiger charge is 2.22. The topological polar surface area (TPSA) is 90.1 Å². The van der Waals surface area contributed by atoms with Crippen molar-refractivity contribution in [2.24, 2.45) is 0 Å². The van der Waals surface area contributed by atoms with Gasteiger partial charge in [0, 0.05) is 26.1 Å². The maximum Gasteiger partial charge on any atom is 0.321 e. The lowest BCUT2D eigenvalue weighted by Gasteiger charge is -2.31. The Labute approximate surface area is 128 Å². The van der Waals surface area contributed by atoms with Gasteiger partial charge in [-0.1, -0.05) is 12.1 Å². The molecule has 7 nitrogen and oxygen atoms in total. The predicted octanol–water partition coefficient (Wildman–Crippen LogP) is 1.70. The smallest absolute Gasteiger partial charge is 0.321 e. The first-order chi connectivity index (χ1) is 10.6. The number of nitrogens with one attached hydrogen (secondary N) is 3. The molecule has 0 aliphatic carbocycles. The Balaban J connectivity index is 1.53. The summed E-state index contributed by atoms with van der Waals surface area (Å²) in [6.45, 7) is 2.94. The molecule has 1 aliphatic rings. The average Bonchev–Trinajstić information content (AvgIpc) is 2.89. The van der Waals surface area contributed by atoms with Crippen LogP contribution in [0, 0.1) is 0 Å². The molecule has 3 rings (SSSR count). The number of rotatable bonds is 2. The lowest BCUT2D eigenvalue weighted by molar-refractivity contribution is -0.129. The number of aromatic nitrogens is 2. The van der Waals surface area contributed by atoms with E-state index in [9.17, 15) is 9.59 Å². The van der Waals surface area contributed by atoms with Gasteiger partial charge in [-0.15, -0.1) is 0 Å². The zero-order chi connectivity index (χ0) is 15.5. The number of amides is 3. The summed E-state index contributed by atoms with van der Waals surface area (Å²) in [5, 5.41) is 5.64. The first-order valence-corrected chi connectivity index (χ1v) is 7.39. The molecule has 0 spiro atoms. The van der Waals surface area contributed by atoms with E-state index in [4.69, 9.17) is 0 Å². The number of carbonyl (C=O) groups is 2. The molecule has 116 valence electrons. The lowest BCUT2D eigenvalue weighted by atomic mass is 10.1. The molecule has 1 saturated heterocycles. The molecular weight excluding hydrogens is 282 g/mol. The van der Waals surface area contributed by atoms with Crippen LogP contribution in [0.2, 0.25) is 0 Å². The number of hydrogen-bond acceptors (Lipinski definition) is 3. The van der Waals surface area contributed by atoms with Crippen molar-refractivity contribution < 1.29 is 9.59 Å². The van der Waals surface area contributed by atoms with Crippen molar-refractivity contribution in [2.75, 3.05) is 18.4 Å². The van der Waals surface area contributed by atoms with E-state index in [-0.39, 0.29) is 18.0 Å². The van der Waals surface area contributed by atoms with Gasteiger partial charge in [0.05, 0.1) is 11.0 Å². The van der Waals surface area contributed by atoms with E-state index in [1.165, 1.54) is 0 Å². The third kappa shape index (κ3) is 3.19. The Morgan fingerprint density at radius 1 is 1.27 bits per heavy atom. The summed E-state index contributed by atoms with van der Waals surface area (Å²) >= 11 is 0. The summed E-state index contributed by atoms with van der Waals surface area (Å²) in [6, 6.07) is 7.40. The van der Waals surface area contributed by atoms with Gasteiger partial charge in [0.2, 0.25) is 11.9 Å². The summed E-state index contributed by atoms with van der Waals surface area (Å²) in [7, 11) is 0. The quantitative estimate of drug-likeness (QED) is 0.788. The number of H-pyrrole nitrogens is 1. The standard InChI is InChI=1S/C15H19N5O2/c1-10(21)20-8-6-11(7-9-20)16-15(22)19-14-17-12-4-2-3-5-13(12)18-14/h2-5,11H,6-9H2,1H3,(H3,16,17,18,19,22). The number of nitrogens with zero attached hydrogens (tertiary/aromatic N) is 2. The van der Waals surface area contributed by atoms with Crippen LogP contribution < -0.4 is 10.6 Å². The highest BCUT2D eigenvalue weighted by atomic mass is 16.2. The number of aromatic amines is 1. The van der Waals surface area contributed by atoms with Gasteiger partial charge in [0.1, 0.15) is 0 Å². The molecule has 2 aromatic rings. The summed E-state index contributed by atoms with van der Waals surface area (Å²) < 4.78 is 0. The summed E-state index contributed by atoms with van der Waals surface area (Å²) in [6.07, 6.45) is 1.54. The van der Waals surface area contributed by atoms with Crippen molar-refractivity contribution in [1.82, 2.24) is 20.2 Å². The Bertz CT molecular complexity index is 655. The monoisotopic (exact) mass is 301 g/mol. The number of benzene rings is 1. The van der Waals surface area contributed by atoms with E-state index < -0.39 is 0 Å². The molecule has 3 N–H and O–H groups in total. The van der Waals surface area contributed by atoms with E-state index in [1.807, 2.05) is 24.3 Å². The molecule has 7 heteroatoms. The van der Waals surface area contributed by atoms with Crippen molar-refractivity contribution in [1.29, 1.82) is 0 Å². The number of fused-ring (bicyclic) bond motifs is 1. The van der Waals surface area contributed by atoms with Crippen LogP contribution in [0.25, 0.3) is 11.0 Å². The first-order valence-electron chi connectivity index (χ1n) is 7.39. The fourth-order valence-electron chi connectivity index (χ4n) is 2.68. The SMILES string of the molecule is CC(=O)N1CCC(NC(=O)Nc2nc3ccccc3[nH]2)CC1. The number of carbonyl (C=O) groups excluding carboxylic acids is 2. The van der Waals surface area contributed by atoms with Gasteiger partial charge in [-0.2, -0.15) is 0 Å². The number of urea groups is 1. The Morgan fingerprint density at radius 3 is 2.68 bits per heavy atom. The van der Waals surface area contributed by atoms with Crippen molar-refractivity contribution in [2.45, 2.75) is 25.8 Å². The summed E-state index contributed by atoms with van der Waals surface area (Å²) in [5.41, 5.74) is 1.69. The van der Waals surface area contributed by atoms with Crippen LogP contribution in [0.15, 0.2) is 24.3 Å². The average molecular weight is 301 g/mol. The Hall–Kier alpha value is -2.57. The van der Waals surface area contributed by atoms with Crippen molar-refractivity contribution in [3.63, 3.8) is 0 Å². The lowest BCUT2D eigenvalue weighted by Crippen LogP contribution is -2.47. The van der Waals surface area contributed by atoms with Gasteiger partial charge in [0.15, 0.2) is 0 Å². The molecule has 1 aliphatic heterocycles. The molecule has 0 atom stereocenters. The van der Waals surface area contributed by atoms with Gasteiger partial charge in [-0.3, -0.25) is 10.1 Å². The van der Waals surface area contributed by atoms with Crippen LogP contribution in [-0.4, -0.2) is 45.9 Å². The van der Waals surface area contributed by atoms with Crippen LogP contribution in [0.3, 0.4) is 0 Å². The van der Waals surface area contributed by atoms with Crippen LogP contribution in [-0.2, 0) is 4.79 Å². The number of hydrogen-bond donors (Lipinski definition) is 3. The second-order valence-electron chi connectivity index (χ2n) is 5.48. The number of imidazole rings is 1. The summed E-state index contributed by atoms with van der Waals surface area (Å²) in [5.74, 6) is 0.519. The molecule has 22 heavy (non-hydrogen) atoms. The Kier molecular flexibility index (Phi) is 3.95. The van der Waals surface area contributed by atoms with Crippen LogP contribution in [0.5, 0.6) is 0 Å². The van der Waals surface area contributed by atoms with Crippen molar-refractivity contribution in [3.8, 4) is 0 Å². The van der Waals surface area contributed by atoms with Crippen LogP contribution in [0.4, 0.5) is 10.7 Å². The number of piperidine rings is 1. The largest absolute Gasteiger partial charge is 0.343 e. The van der Waals surface area contributed by atoms with Gasteiger partial charge >= 0.3 is 6.03 Å². The third-order valence-corrected chi connectivity index (χ3v) is 3.90. The van der Waals surface area contributed by atoms with E-state index in [2.05, 4.69) is 20.6 Å². The van der Waals surface area contributed by atoms with Gasteiger partial charge in [-0.05, 0) is 25.0 Å². The zero-order valence-corrected chi connectivity index (χ0v) is 12.4. The van der Waals surface area contributed by atoms with Crippen molar-refractivity contribution in [3.05, 3.63) is 24.3 Å². The maximum absolute atomic E-state index is 12.0. The third-order valence-electron chi connectivity index (χ3n) is 3.90. The van der Waals surface area contributed by atoms with Gasteiger partial charge in [-0.25, -0.2) is 9.78 Å². The zero-order valence-electron chi connectivity index (χ0n) is 12.4. The second-order valence-corrected chi connectivity index (χ2v) is 5.48. The molecule has 0 bridgehead atoms. The minimum atomic E-state index is -0.277. The molecule has 2 heterocycles. The maximum atomic E-state index is 12.0. The minimum Gasteiger partial charge on any atom is -0.343 e. The first kappa shape index (κ1) is 14.4. The van der Waals surface area contributed by atoms with E-state index in [0.717, 1.165) is 23.9 Å². The molecule has 0 radical (unpaired) electrons.